The van der Waals surface area contributed by atoms with Crippen molar-refractivity contribution in [3.8, 4) is 5.75 Å². The molecule has 3 aromatic carbocycles. The standard InChI is InChI=1S/C22H20ClFN2O4S/c1-26(31(28,29)20-9-7-17(23)8-10-20)14-16-12-15(6-11-21(16)30-2)22(27)25-19-5-3-4-18(24)13-19/h3-13H,14H2,1-2H3,(H,25,27). The maximum absolute atomic E-state index is 13.4. The number of benzene rings is 3. The molecule has 9 heteroatoms. The third kappa shape index (κ3) is 5.41. The van der Waals surface area contributed by atoms with Crippen molar-refractivity contribution in [1.29, 1.82) is 0 Å². The van der Waals surface area contributed by atoms with E-state index in [1.807, 2.05) is 0 Å². The lowest BCUT2D eigenvalue weighted by Gasteiger charge is -2.19. The topological polar surface area (TPSA) is 75.7 Å². The predicted octanol–water partition coefficient (Wildman–Crippen LogP) is 4.56. The van der Waals surface area contributed by atoms with Gasteiger partial charge in [-0.1, -0.05) is 17.7 Å². The molecule has 0 aliphatic rings. The van der Waals surface area contributed by atoms with Crippen molar-refractivity contribution >= 4 is 33.2 Å². The molecule has 0 aliphatic carbocycles. The fraction of sp³-hybridized carbons (Fsp3) is 0.136. The Morgan fingerprint density at radius 1 is 1.10 bits per heavy atom. The smallest absolute Gasteiger partial charge is 0.255 e. The summed E-state index contributed by atoms with van der Waals surface area (Å²) in [4.78, 5) is 12.7. The number of carbonyl (C=O) groups excluding carboxylic acids is 1. The van der Waals surface area contributed by atoms with E-state index >= 15 is 0 Å². The van der Waals surface area contributed by atoms with Gasteiger partial charge in [0.15, 0.2) is 0 Å². The summed E-state index contributed by atoms with van der Waals surface area (Å²) in [5.74, 6) is -0.500. The van der Waals surface area contributed by atoms with Crippen LogP contribution in [0.2, 0.25) is 5.02 Å². The fourth-order valence-corrected chi connectivity index (χ4v) is 4.20. The van der Waals surface area contributed by atoms with Crippen LogP contribution in [0, 0.1) is 5.82 Å². The normalized spacial score (nSPS) is 11.4. The van der Waals surface area contributed by atoms with E-state index in [1.54, 1.807) is 24.3 Å². The maximum Gasteiger partial charge on any atom is 0.255 e. The molecule has 0 atom stereocenters. The third-order valence-electron chi connectivity index (χ3n) is 4.54. The first kappa shape index (κ1) is 22.7. The SMILES string of the molecule is COc1ccc(C(=O)Nc2cccc(F)c2)cc1CN(C)S(=O)(=O)c1ccc(Cl)cc1. The van der Waals surface area contributed by atoms with Crippen LogP contribution in [0.5, 0.6) is 5.75 Å². The lowest BCUT2D eigenvalue weighted by molar-refractivity contribution is 0.102. The van der Waals surface area contributed by atoms with Crippen molar-refractivity contribution in [3.05, 3.63) is 88.7 Å². The van der Waals surface area contributed by atoms with Crippen molar-refractivity contribution in [3.63, 3.8) is 0 Å². The zero-order valence-electron chi connectivity index (χ0n) is 16.8. The first-order chi connectivity index (χ1) is 14.7. The molecule has 3 rings (SSSR count). The van der Waals surface area contributed by atoms with Gasteiger partial charge in [0.1, 0.15) is 11.6 Å². The van der Waals surface area contributed by atoms with Crippen LogP contribution in [-0.4, -0.2) is 32.8 Å². The third-order valence-corrected chi connectivity index (χ3v) is 6.61. The molecular formula is C22H20ClFN2O4S. The van der Waals surface area contributed by atoms with Crippen molar-refractivity contribution in [1.82, 2.24) is 4.31 Å². The van der Waals surface area contributed by atoms with E-state index in [-0.39, 0.29) is 17.0 Å². The first-order valence-corrected chi connectivity index (χ1v) is 11.0. The minimum atomic E-state index is -3.79. The summed E-state index contributed by atoms with van der Waals surface area (Å²) in [5, 5.41) is 3.05. The van der Waals surface area contributed by atoms with E-state index in [2.05, 4.69) is 5.32 Å². The van der Waals surface area contributed by atoms with Gasteiger partial charge in [0.05, 0.1) is 12.0 Å². The van der Waals surface area contributed by atoms with E-state index in [0.717, 1.165) is 4.31 Å². The molecule has 0 aliphatic heterocycles. The van der Waals surface area contributed by atoms with Gasteiger partial charge in [-0.05, 0) is 60.7 Å². The van der Waals surface area contributed by atoms with E-state index in [0.29, 0.717) is 22.0 Å². The lowest BCUT2D eigenvalue weighted by Crippen LogP contribution is -2.27. The molecule has 0 radical (unpaired) electrons. The van der Waals surface area contributed by atoms with Crippen LogP contribution in [-0.2, 0) is 16.6 Å². The van der Waals surface area contributed by atoms with Crippen LogP contribution in [0.3, 0.4) is 0 Å². The summed E-state index contributed by atoms with van der Waals surface area (Å²) in [5.41, 5.74) is 1.08. The Morgan fingerprint density at radius 2 is 1.81 bits per heavy atom. The first-order valence-electron chi connectivity index (χ1n) is 9.16. The van der Waals surface area contributed by atoms with Crippen molar-refractivity contribution < 1.29 is 22.3 Å². The number of carbonyl (C=O) groups is 1. The van der Waals surface area contributed by atoms with Gasteiger partial charge < -0.3 is 10.1 Å². The Labute approximate surface area is 185 Å². The largest absolute Gasteiger partial charge is 0.496 e. The summed E-state index contributed by atoms with van der Waals surface area (Å²) in [7, 11) is -0.898. The zero-order chi connectivity index (χ0) is 22.6. The summed E-state index contributed by atoms with van der Waals surface area (Å²) < 4.78 is 45.6. The van der Waals surface area contributed by atoms with Crippen LogP contribution >= 0.6 is 11.6 Å². The molecule has 0 saturated carbocycles. The number of halogens is 2. The molecule has 0 heterocycles. The molecule has 3 aromatic rings. The number of ether oxygens (including phenoxy) is 1. The molecule has 1 N–H and O–H groups in total. The summed E-state index contributed by atoms with van der Waals surface area (Å²) >= 11 is 5.84. The second-order valence-electron chi connectivity index (χ2n) is 6.71. The minimum absolute atomic E-state index is 0.0325. The summed E-state index contributed by atoms with van der Waals surface area (Å²) in [6, 6.07) is 16.1. The monoisotopic (exact) mass is 462 g/mol. The molecule has 0 aromatic heterocycles. The van der Waals surface area contributed by atoms with E-state index in [9.17, 15) is 17.6 Å². The van der Waals surface area contributed by atoms with Gasteiger partial charge in [0, 0.05) is 35.4 Å². The van der Waals surface area contributed by atoms with Gasteiger partial charge >= 0.3 is 0 Å². The van der Waals surface area contributed by atoms with Crippen molar-refractivity contribution in [2.45, 2.75) is 11.4 Å². The van der Waals surface area contributed by atoms with Crippen LogP contribution in [0.4, 0.5) is 10.1 Å². The maximum atomic E-state index is 13.4. The Balaban J connectivity index is 1.85. The Morgan fingerprint density at radius 3 is 2.45 bits per heavy atom. The molecule has 6 nitrogen and oxygen atoms in total. The number of nitrogens with zero attached hydrogens (tertiary/aromatic N) is 1. The van der Waals surface area contributed by atoms with Gasteiger partial charge in [-0.15, -0.1) is 0 Å². The Bertz CT molecular complexity index is 1200. The van der Waals surface area contributed by atoms with Crippen LogP contribution in [0.15, 0.2) is 71.6 Å². The average molecular weight is 463 g/mol. The van der Waals surface area contributed by atoms with E-state index in [4.69, 9.17) is 16.3 Å². The molecule has 0 spiro atoms. The fourth-order valence-electron chi connectivity index (χ4n) is 2.92. The second kappa shape index (κ2) is 9.47. The number of methoxy groups -OCH3 is 1. The van der Waals surface area contributed by atoms with Gasteiger partial charge in [-0.2, -0.15) is 4.31 Å². The highest BCUT2D eigenvalue weighted by atomic mass is 35.5. The van der Waals surface area contributed by atoms with Gasteiger partial charge in [0.25, 0.3) is 5.91 Å². The molecule has 0 unspecified atom stereocenters. The Kier molecular flexibility index (Phi) is 6.94. The van der Waals surface area contributed by atoms with E-state index in [1.165, 1.54) is 56.6 Å². The summed E-state index contributed by atoms with van der Waals surface area (Å²) in [6.45, 7) is -0.0325. The van der Waals surface area contributed by atoms with Crippen LogP contribution in [0.25, 0.3) is 0 Å². The highest BCUT2D eigenvalue weighted by molar-refractivity contribution is 7.89. The molecule has 0 saturated heterocycles. The Hall–Kier alpha value is -2.94. The molecule has 0 bridgehead atoms. The predicted molar refractivity (Wildman–Crippen MR) is 117 cm³/mol. The molecule has 162 valence electrons. The zero-order valence-corrected chi connectivity index (χ0v) is 18.4. The minimum Gasteiger partial charge on any atom is -0.496 e. The summed E-state index contributed by atoms with van der Waals surface area (Å²) in [6.07, 6.45) is 0. The number of sulfonamides is 1. The molecule has 0 fully saturated rings. The number of hydrogen-bond acceptors (Lipinski definition) is 4. The van der Waals surface area contributed by atoms with Gasteiger partial charge in [-0.3, -0.25) is 4.79 Å². The number of hydrogen-bond donors (Lipinski definition) is 1. The number of anilines is 1. The highest BCUT2D eigenvalue weighted by Crippen LogP contribution is 2.25. The number of amides is 1. The quantitative estimate of drug-likeness (QED) is 0.558. The molecular weight excluding hydrogens is 443 g/mol. The number of nitrogens with one attached hydrogen (secondary N) is 1. The molecule has 31 heavy (non-hydrogen) atoms. The lowest BCUT2D eigenvalue weighted by atomic mass is 10.1. The number of rotatable bonds is 7. The van der Waals surface area contributed by atoms with Crippen LogP contribution < -0.4 is 10.1 Å². The average Bonchev–Trinajstić information content (AvgIpc) is 2.74. The van der Waals surface area contributed by atoms with Gasteiger partial charge in [0.2, 0.25) is 10.0 Å². The van der Waals surface area contributed by atoms with E-state index < -0.39 is 21.7 Å². The van der Waals surface area contributed by atoms with Gasteiger partial charge in [-0.25, -0.2) is 12.8 Å². The van der Waals surface area contributed by atoms with Crippen molar-refractivity contribution in [2.24, 2.45) is 0 Å². The van der Waals surface area contributed by atoms with Crippen molar-refractivity contribution in [2.75, 3.05) is 19.5 Å². The highest BCUT2D eigenvalue weighted by Gasteiger charge is 2.22. The second-order valence-corrected chi connectivity index (χ2v) is 9.19. The van der Waals surface area contributed by atoms with Crippen LogP contribution in [0.1, 0.15) is 15.9 Å². The molecule has 1 amide bonds.